The van der Waals surface area contributed by atoms with E-state index >= 15 is 0 Å². The molecule has 0 unspecified atom stereocenters. The van der Waals surface area contributed by atoms with E-state index in [-0.39, 0.29) is 5.54 Å². The van der Waals surface area contributed by atoms with Gasteiger partial charge in [-0.1, -0.05) is 6.92 Å². The number of aromatic nitrogens is 1. The van der Waals surface area contributed by atoms with E-state index < -0.39 is 0 Å². The highest BCUT2D eigenvalue weighted by Crippen LogP contribution is 2.22. The second-order valence-corrected chi connectivity index (χ2v) is 5.95. The van der Waals surface area contributed by atoms with Gasteiger partial charge in [0.05, 0.1) is 11.2 Å². The molecule has 0 atom stereocenters. The molecule has 1 aromatic rings. The molecule has 0 saturated heterocycles. The smallest absolute Gasteiger partial charge is 0.103 e. The van der Waals surface area contributed by atoms with Crippen molar-refractivity contribution < 1.29 is 0 Å². The van der Waals surface area contributed by atoms with E-state index in [0.717, 1.165) is 11.4 Å². The number of hydrogen-bond acceptors (Lipinski definition) is 4. The number of thiazole rings is 1. The largest absolute Gasteiger partial charge is 0.321 e. The predicted octanol–water partition coefficient (Wildman–Crippen LogP) is 2.98. The summed E-state index contributed by atoms with van der Waals surface area (Å²) in [5.41, 5.74) is 6.67. The van der Waals surface area contributed by atoms with Crippen molar-refractivity contribution in [3.05, 3.63) is 16.1 Å². The zero-order valence-electron chi connectivity index (χ0n) is 9.04. The first-order valence-electron chi connectivity index (χ1n) is 4.85. The molecule has 0 amide bonds. The van der Waals surface area contributed by atoms with Crippen LogP contribution in [0.5, 0.6) is 0 Å². The van der Waals surface area contributed by atoms with Crippen LogP contribution < -0.4 is 5.73 Å². The summed E-state index contributed by atoms with van der Waals surface area (Å²) in [6, 6.07) is 0. The normalized spacial score (nSPS) is 12.0. The highest BCUT2D eigenvalue weighted by atomic mass is 32.2. The molecule has 0 aliphatic rings. The zero-order valence-corrected chi connectivity index (χ0v) is 10.7. The summed E-state index contributed by atoms with van der Waals surface area (Å²) in [5.74, 6) is 2.23. The second kappa shape index (κ2) is 5.14. The summed E-state index contributed by atoms with van der Waals surface area (Å²) in [5, 5.41) is 3.26. The molecule has 1 rings (SSSR count). The van der Waals surface area contributed by atoms with Crippen LogP contribution in [0.15, 0.2) is 5.38 Å². The van der Waals surface area contributed by atoms with Crippen LogP contribution in [0.2, 0.25) is 0 Å². The van der Waals surface area contributed by atoms with E-state index in [9.17, 15) is 0 Å². The highest BCUT2D eigenvalue weighted by molar-refractivity contribution is 7.98. The average molecular weight is 230 g/mol. The fourth-order valence-electron chi connectivity index (χ4n) is 0.977. The van der Waals surface area contributed by atoms with E-state index in [1.165, 1.54) is 17.2 Å². The Morgan fingerprint density at radius 2 is 2.29 bits per heavy atom. The quantitative estimate of drug-likeness (QED) is 0.790. The van der Waals surface area contributed by atoms with Crippen molar-refractivity contribution in [3.63, 3.8) is 0 Å². The van der Waals surface area contributed by atoms with Crippen LogP contribution in [-0.4, -0.2) is 10.7 Å². The minimum atomic E-state index is -0.301. The summed E-state index contributed by atoms with van der Waals surface area (Å²) in [6.07, 6.45) is 1.23. The molecule has 0 bridgehead atoms. The van der Waals surface area contributed by atoms with Crippen molar-refractivity contribution in [1.82, 2.24) is 4.98 Å². The Balaban J connectivity index is 2.51. The van der Waals surface area contributed by atoms with Crippen molar-refractivity contribution >= 4 is 23.1 Å². The monoisotopic (exact) mass is 230 g/mol. The molecule has 0 aliphatic carbocycles. The Morgan fingerprint density at radius 1 is 1.57 bits per heavy atom. The standard InChI is InChI=1S/C10H18N2S2/c1-4-5-13-7-9-12-8(6-14-9)10(2,3)11/h6H,4-5,7,11H2,1-3H3. The summed E-state index contributed by atoms with van der Waals surface area (Å²) in [6.45, 7) is 6.18. The van der Waals surface area contributed by atoms with E-state index in [1.54, 1.807) is 11.3 Å². The first kappa shape index (κ1) is 12.0. The van der Waals surface area contributed by atoms with Crippen molar-refractivity contribution in [3.8, 4) is 0 Å². The summed E-state index contributed by atoms with van der Waals surface area (Å²) < 4.78 is 0. The molecule has 80 valence electrons. The maximum Gasteiger partial charge on any atom is 0.103 e. The lowest BCUT2D eigenvalue weighted by Crippen LogP contribution is -2.29. The fourth-order valence-corrected chi connectivity index (χ4v) is 2.93. The molecule has 0 radical (unpaired) electrons. The number of nitrogens with two attached hydrogens (primary N) is 1. The first-order valence-corrected chi connectivity index (χ1v) is 6.89. The number of nitrogens with zero attached hydrogens (tertiary/aromatic N) is 1. The summed E-state index contributed by atoms with van der Waals surface area (Å²) in [4.78, 5) is 4.53. The SMILES string of the molecule is CCCSCc1nc(C(C)(C)N)cs1. The molecular weight excluding hydrogens is 212 g/mol. The predicted molar refractivity (Wildman–Crippen MR) is 65.8 cm³/mol. The lowest BCUT2D eigenvalue weighted by Gasteiger charge is -2.14. The summed E-state index contributed by atoms with van der Waals surface area (Å²) >= 11 is 3.65. The van der Waals surface area contributed by atoms with E-state index in [1.807, 2.05) is 25.6 Å². The Morgan fingerprint density at radius 3 is 2.79 bits per heavy atom. The number of thioether (sulfide) groups is 1. The van der Waals surface area contributed by atoms with Crippen LogP contribution in [0.3, 0.4) is 0 Å². The first-order chi connectivity index (χ1) is 6.54. The number of rotatable bonds is 5. The van der Waals surface area contributed by atoms with Gasteiger partial charge in [0.15, 0.2) is 0 Å². The Labute approximate surface area is 94.3 Å². The molecule has 0 spiro atoms. The maximum absolute atomic E-state index is 5.96. The van der Waals surface area contributed by atoms with Crippen LogP contribution >= 0.6 is 23.1 Å². The second-order valence-electron chi connectivity index (χ2n) is 3.90. The number of hydrogen-bond donors (Lipinski definition) is 1. The van der Waals surface area contributed by atoms with Crippen LogP contribution in [-0.2, 0) is 11.3 Å². The Bertz CT molecular complexity index is 276. The summed E-state index contributed by atoms with van der Waals surface area (Å²) in [7, 11) is 0. The van der Waals surface area contributed by atoms with Crippen molar-refractivity contribution in [1.29, 1.82) is 0 Å². The van der Waals surface area contributed by atoms with Gasteiger partial charge < -0.3 is 5.73 Å². The third-order valence-corrected chi connectivity index (χ3v) is 3.99. The van der Waals surface area contributed by atoms with Gasteiger partial charge in [-0.15, -0.1) is 11.3 Å². The Hall–Kier alpha value is -0.0600. The topological polar surface area (TPSA) is 38.9 Å². The van der Waals surface area contributed by atoms with Gasteiger partial charge in [0, 0.05) is 11.1 Å². The van der Waals surface area contributed by atoms with Crippen LogP contribution in [0.25, 0.3) is 0 Å². The van der Waals surface area contributed by atoms with E-state index in [0.29, 0.717) is 0 Å². The van der Waals surface area contributed by atoms with Gasteiger partial charge >= 0.3 is 0 Å². The molecule has 0 aliphatic heterocycles. The minimum absolute atomic E-state index is 0.301. The average Bonchev–Trinajstić information content (AvgIpc) is 2.52. The van der Waals surface area contributed by atoms with E-state index in [4.69, 9.17) is 5.73 Å². The van der Waals surface area contributed by atoms with Crippen molar-refractivity contribution in [2.24, 2.45) is 5.73 Å². The molecule has 4 heteroatoms. The molecule has 2 nitrogen and oxygen atoms in total. The molecule has 0 aromatic carbocycles. The zero-order chi connectivity index (χ0) is 10.6. The third-order valence-electron chi connectivity index (χ3n) is 1.79. The van der Waals surface area contributed by atoms with Gasteiger partial charge in [0.2, 0.25) is 0 Å². The maximum atomic E-state index is 5.96. The molecule has 0 saturated carbocycles. The van der Waals surface area contributed by atoms with Crippen molar-refractivity contribution in [2.75, 3.05) is 5.75 Å². The molecule has 0 fully saturated rings. The fraction of sp³-hybridized carbons (Fsp3) is 0.700. The van der Waals surface area contributed by atoms with Gasteiger partial charge in [-0.3, -0.25) is 0 Å². The van der Waals surface area contributed by atoms with Crippen LogP contribution in [0.1, 0.15) is 37.9 Å². The van der Waals surface area contributed by atoms with Gasteiger partial charge in [0.1, 0.15) is 5.01 Å². The Kier molecular flexibility index (Phi) is 4.41. The lowest BCUT2D eigenvalue weighted by atomic mass is 10.0. The van der Waals surface area contributed by atoms with Crippen molar-refractivity contribution in [2.45, 2.75) is 38.5 Å². The third kappa shape index (κ3) is 3.59. The van der Waals surface area contributed by atoms with Gasteiger partial charge in [-0.2, -0.15) is 11.8 Å². The van der Waals surface area contributed by atoms with Crippen LogP contribution in [0, 0.1) is 0 Å². The molecule has 2 N–H and O–H groups in total. The van der Waals surface area contributed by atoms with E-state index in [2.05, 4.69) is 17.3 Å². The molecular formula is C10H18N2S2. The molecule has 1 aromatic heterocycles. The minimum Gasteiger partial charge on any atom is -0.321 e. The molecule has 14 heavy (non-hydrogen) atoms. The highest BCUT2D eigenvalue weighted by Gasteiger charge is 2.17. The van der Waals surface area contributed by atoms with Gasteiger partial charge in [-0.25, -0.2) is 4.98 Å². The van der Waals surface area contributed by atoms with Crippen LogP contribution in [0.4, 0.5) is 0 Å². The van der Waals surface area contributed by atoms with Gasteiger partial charge in [-0.05, 0) is 26.0 Å². The van der Waals surface area contributed by atoms with Gasteiger partial charge in [0.25, 0.3) is 0 Å². The molecule has 1 heterocycles. The lowest BCUT2D eigenvalue weighted by molar-refractivity contribution is 0.538.